The van der Waals surface area contributed by atoms with E-state index in [0.29, 0.717) is 0 Å². The van der Waals surface area contributed by atoms with Crippen LogP contribution in [0.5, 0.6) is 0 Å². The van der Waals surface area contributed by atoms with Gasteiger partial charge in [-0.1, -0.05) is 30.8 Å². The molecule has 0 aliphatic heterocycles. The lowest BCUT2D eigenvalue weighted by molar-refractivity contribution is 1.13. The summed E-state index contributed by atoms with van der Waals surface area (Å²) in [4.78, 5) is 0. The van der Waals surface area contributed by atoms with Gasteiger partial charge < -0.3 is 16.0 Å². The van der Waals surface area contributed by atoms with E-state index < -0.39 is 0 Å². The van der Waals surface area contributed by atoms with Crippen molar-refractivity contribution in [2.24, 2.45) is 0 Å². The topological polar surface area (TPSA) is 36.1 Å². The maximum atomic E-state index is 4.11. The summed E-state index contributed by atoms with van der Waals surface area (Å²) in [6, 6.07) is 14.6. The second-order valence-electron chi connectivity index (χ2n) is 4.53. The second-order valence-corrected chi connectivity index (χ2v) is 4.53. The van der Waals surface area contributed by atoms with Crippen LogP contribution >= 0.6 is 0 Å². The van der Waals surface area contributed by atoms with Gasteiger partial charge in [0.1, 0.15) is 0 Å². The average molecular weight is 267 g/mol. The zero-order chi connectivity index (χ0) is 14.5. The smallest absolute Gasteiger partial charge is 0.0438 e. The van der Waals surface area contributed by atoms with Crippen LogP contribution in [0.1, 0.15) is 5.56 Å². The van der Waals surface area contributed by atoms with Crippen molar-refractivity contribution < 1.29 is 0 Å². The largest absolute Gasteiger partial charge is 0.388 e. The van der Waals surface area contributed by atoms with Gasteiger partial charge in [0.05, 0.1) is 0 Å². The third-order valence-electron chi connectivity index (χ3n) is 3.42. The lowest BCUT2D eigenvalue weighted by Gasteiger charge is -2.17. The summed E-state index contributed by atoms with van der Waals surface area (Å²) in [6.07, 6.45) is 0. The van der Waals surface area contributed by atoms with Crippen LogP contribution in [0.15, 0.2) is 49.0 Å². The molecule has 0 spiro atoms. The molecule has 0 fully saturated rings. The van der Waals surface area contributed by atoms with Crippen molar-refractivity contribution in [3.05, 3.63) is 54.6 Å². The molecule has 0 atom stereocenters. The molecule has 0 saturated carbocycles. The van der Waals surface area contributed by atoms with E-state index in [2.05, 4.69) is 65.0 Å². The van der Waals surface area contributed by atoms with Gasteiger partial charge in [0, 0.05) is 43.8 Å². The fraction of sp³-hybridized carbons (Fsp3) is 0.176. The molecule has 0 heterocycles. The van der Waals surface area contributed by atoms with Crippen LogP contribution in [0.2, 0.25) is 0 Å². The van der Waals surface area contributed by atoms with Crippen molar-refractivity contribution in [1.29, 1.82) is 0 Å². The summed E-state index contributed by atoms with van der Waals surface area (Å²) in [5, 5.41) is 9.51. The molecule has 0 radical (unpaired) electrons. The van der Waals surface area contributed by atoms with Gasteiger partial charge in [-0.15, -0.1) is 0 Å². The monoisotopic (exact) mass is 267 g/mol. The minimum Gasteiger partial charge on any atom is -0.388 e. The number of nitrogens with one attached hydrogen (secondary N) is 3. The van der Waals surface area contributed by atoms with Crippen molar-refractivity contribution in [3.63, 3.8) is 0 Å². The molecule has 0 aromatic heterocycles. The summed E-state index contributed by atoms with van der Waals surface area (Å²) in [5.41, 5.74) is 6.52. The first-order valence-electron chi connectivity index (χ1n) is 6.67. The zero-order valence-corrected chi connectivity index (χ0v) is 12.2. The van der Waals surface area contributed by atoms with Gasteiger partial charge >= 0.3 is 0 Å². The SMILES string of the molecule is C=C(NC)c1c(NC)cccc1-c1ccc(NC)cc1. The fourth-order valence-corrected chi connectivity index (χ4v) is 2.27. The molecule has 0 bridgehead atoms. The van der Waals surface area contributed by atoms with E-state index in [-0.39, 0.29) is 0 Å². The molecular formula is C17H21N3. The molecular weight excluding hydrogens is 246 g/mol. The van der Waals surface area contributed by atoms with Crippen LogP contribution in [0.3, 0.4) is 0 Å². The van der Waals surface area contributed by atoms with Crippen LogP contribution in [0, 0.1) is 0 Å². The van der Waals surface area contributed by atoms with Crippen molar-refractivity contribution in [3.8, 4) is 11.1 Å². The van der Waals surface area contributed by atoms with Crippen LogP contribution in [-0.2, 0) is 0 Å². The normalized spacial score (nSPS) is 9.95. The van der Waals surface area contributed by atoms with Crippen LogP contribution in [0.4, 0.5) is 11.4 Å². The number of rotatable bonds is 5. The van der Waals surface area contributed by atoms with Crippen molar-refractivity contribution in [1.82, 2.24) is 5.32 Å². The molecule has 20 heavy (non-hydrogen) atoms. The molecule has 0 unspecified atom stereocenters. The molecule has 104 valence electrons. The van der Waals surface area contributed by atoms with E-state index in [0.717, 1.165) is 22.6 Å². The van der Waals surface area contributed by atoms with Gasteiger partial charge in [-0.25, -0.2) is 0 Å². The van der Waals surface area contributed by atoms with Crippen molar-refractivity contribution >= 4 is 17.1 Å². The minimum absolute atomic E-state index is 0.905. The van der Waals surface area contributed by atoms with Gasteiger partial charge in [-0.05, 0) is 29.3 Å². The number of hydrogen-bond acceptors (Lipinski definition) is 3. The maximum Gasteiger partial charge on any atom is 0.0438 e. The molecule has 0 aliphatic carbocycles. The van der Waals surface area contributed by atoms with E-state index in [1.807, 2.05) is 21.1 Å². The predicted octanol–water partition coefficient (Wildman–Crippen LogP) is 3.63. The highest BCUT2D eigenvalue weighted by molar-refractivity contribution is 5.87. The first-order valence-corrected chi connectivity index (χ1v) is 6.67. The maximum absolute atomic E-state index is 4.11. The Bertz CT molecular complexity index is 600. The van der Waals surface area contributed by atoms with Crippen molar-refractivity contribution in [2.75, 3.05) is 31.8 Å². The third-order valence-corrected chi connectivity index (χ3v) is 3.42. The number of benzene rings is 2. The fourth-order valence-electron chi connectivity index (χ4n) is 2.27. The Morgan fingerprint density at radius 1 is 0.900 bits per heavy atom. The Hall–Kier alpha value is -2.42. The quantitative estimate of drug-likeness (QED) is 0.774. The van der Waals surface area contributed by atoms with Gasteiger partial charge in [0.15, 0.2) is 0 Å². The molecule has 3 nitrogen and oxygen atoms in total. The van der Waals surface area contributed by atoms with E-state index >= 15 is 0 Å². The molecule has 0 aliphatic rings. The molecule has 0 saturated heterocycles. The molecule has 3 N–H and O–H groups in total. The molecule has 0 amide bonds. The van der Waals surface area contributed by atoms with Gasteiger partial charge in [-0.3, -0.25) is 0 Å². The molecule has 2 aromatic carbocycles. The highest BCUT2D eigenvalue weighted by Crippen LogP contribution is 2.33. The van der Waals surface area contributed by atoms with E-state index in [1.54, 1.807) is 0 Å². The summed E-state index contributed by atoms with van der Waals surface area (Å²) in [6.45, 7) is 4.11. The highest BCUT2D eigenvalue weighted by atomic mass is 14.9. The Morgan fingerprint density at radius 3 is 2.15 bits per heavy atom. The third kappa shape index (κ3) is 2.62. The van der Waals surface area contributed by atoms with Gasteiger partial charge in [0.25, 0.3) is 0 Å². The van der Waals surface area contributed by atoms with Gasteiger partial charge in [-0.2, -0.15) is 0 Å². The number of anilines is 2. The lowest BCUT2D eigenvalue weighted by atomic mass is 9.96. The molecule has 2 rings (SSSR count). The average Bonchev–Trinajstić information content (AvgIpc) is 2.53. The summed E-state index contributed by atoms with van der Waals surface area (Å²) >= 11 is 0. The lowest BCUT2D eigenvalue weighted by Crippen LogP contribution is -2.07. The Morgan fingerprint density at radius 2 is 1.60 bits per heavy atom. The Kier molecular flexibility index (Phi) is 4.31. The molecule has 3 heteroatoms. The standard InChI is InChI=1S/C17H21N3/c1-12(18-2)17-15(6-5-7-16(17)20-4)13-8-10-14(19-3)11-9-13/h5-11,18-20H,1H2,2-4H3. The van der Waals surface area contributed by atoms with Crippen LogP contribution in [-0.4, -0.2) is 21.1 Å². The van der Waals surface area contributed by atoms with Gasteiger partial charge in [0.2, 0.25) is 0 Å². The van der Waals surface area contributed by atoms with Crippen LogP contribution < -0.4 is 16.0 Å². The Balaban J connectivity index is 2.57. The second kappa shape index (κ2) is 6.15. The predicted molar refractivity (Wildman–Crippen MR) is 89.1 cm³/mol. The van der Waals surface area contributed by atoms with Crippen LogP contribution in [0.25, 0.3) is 16.8 Å². The van der Waals surface area contributed by atoms with E-state index in [9.17, 15) is 0 Å². The first kappa shape index (κ1) is 14.0. The van der Waals surface area contributed by atoms with E-state index in [1.165, 1.54) is 11.1 Å². The zero-order valence-electron chi connectivity index (χ0n) is 12.2. The summed E-state index contributed by atoms with van der Waals surface area (Å²) in [5.74, 6) is 0. The summed E-state index contributed by atoms with van der Waals surface area (Å²) < 4.78 is 0. The minimum atomic E-state index is 0.905. The first-order chi connectivity index (χ1) is 9.71. The Labute approximate surface area is 120 Å². The number of hydrogen-bond donors (Lipinski definition) is 3. The van der Waals surface area contributed by atoms with E-state index in [4.69, 9.17) is 0 Å². The summed E-state index contributed by atoms with van der Waals surface area (Å²) in [7, 11) is 5.74. The molecule has 2 aromatic rings. The van der Waals surface area contributed by atoms with Crippen molar-refractivity contribution in [2.45, 2.75) is 0 Å². The highest BCUT2D eigenvalue weighted by Gasteiger charge is 2.11.